The molecule has 1 aromatic carbocycles. The van der Waals surface area contributed by atoms with Crippen LogP contribution in [0, 0.1) is 10.1 Å². The van der Waals surface area contributed by atoms with Crippen LogP contribution in [-0.4, -0.2) is 35.2 Å². The first-order chi connectivity index (χ1) is 11.9. The highest BCUT2D eigenvalue weighted by molar-refractivity contribution is 5.85. The van der Waals surface area contributed by atoms with Crippen LogP contribution in [0.2, 0.25) is 0 Å². The first kappa shape index (κ1) is 17.7. The molecule has 0 radical (unpaired) electrons. The van der Waals surface area contributed by atoms with Crippen LogP contribution in [-0.2, 0) is 4.79 Å². The Hall–Kier alpha value is -3.62. The van der Waals surface area contributed by atoms with Gasteiger partial charge in [-0.1, -0.05) is 0 Å². The Morgan fingerprint density at radius 2 is 1.88 bits per heavy atom. The zero-order chi connectivity index (χ0) is 18.4. The lowest BCUT2D eigenvalue weighted by Crippen LogP contribution is -1.97. The van der Waals surface area contributed by atoms with Gasteiger partial charge in [-0.3, -0.25) is 10.1 Å². The summed E-state index contributed by atoms with van der Waals surface area (Å²) in [5.74, 6) is -0.211. The molecular formula is C16H14N2O7. The molecule has 1 heterocycles. The number of benzene rings is 1. The van der Waals surface area contributed by atoms with Gasteiger partial charge in [0.15, 0.2) is 11.5 Å². The Morgan fingerprint density at radius 3 is 2.32 bits per heavy atom. The third kappa shape index (κ3) is 4.44. The Kier molecular flexibility index (Phi) is 5.51. The number of nitrogens with zero attached hydrogens (tertiary/aromatic N) is 2. The van der Waals surface area contributed by atoms with E-state index in [-0.39, 0.29) is 28.8 Å². The van der Waals surface area contributed by atoms with Gasteiger partial charge in [0.25, 0.3) is 5.69 Å². The summed E-state index contributed by atoms with van der Waals surface area (Å²) in [6.45, 7) is 0. The van der Waals surface area contributed by atoms with E-state index >= 15 is 0 Å². The van der Waals surface area contributed by atoms with E-state index in [2.05, 4.69) is 4.98 Å². The van der Waals surface area contributed by atoms with Crippen molar-refractivity contribution < 1.29 is 29.0 Å². The van der Waals surface area contributed by atoms with Crippen LogP contribution in [0.4, 0.5) is 5.69 Å². The number of methoxy groups -OCH3 is 2. The Labute approximate surface area is 142 Å². The first-order valence-electron chi connectivity index (χ1n) is 6.90. The third-order valence-corrected chi connectivity index (χ3v) is 3.04. The Bertz CT molecular complexity index is 791. The fourth-order valence-corrected chi connectivity index (χ4v) is 1.91. The molecule has 1 aromatic heterocycles. The number of ether oxygens (including phenoxy) is 3. The van der Waals surface area contributed by atoms with Gasteiger partial charge in [0.05, 0.1) is 19.1 Å². The predicted molar refractivity (Wildman–Crippen MR) is 87.2 cm³/mol. The van der Waals surface area contributed by atoms with Crippen LogP contribution in [0.1, 0.15) is 5.56 Å². The number of carboxylic acids is 1. The molecule has 0 saturated carbocycles. The number of nitro groups is 1. The number of hydrogen-bond acceptors (Lipinski definition) is 7. The fraction of sp³-hybridized carbons (Fsp3) is 0.125. The summed E-state index contributed by atoms with van der Waals surface area (Å²) in [7, 11) is 2.82. The van der Waals surface area contributed by atoms with Gasteiger partial charge in [-0.05, 0) is 23.8 Å². The summed E-state index contributed by atoms with van der Waals surface area (Å²) in [5.41, 5.74) is 0.362. The smallest absolute Gasteiger partial charge is 0.328 e. The van der Waals surface area contributed by atoms with Crippen LogP contribution in [0.15, 0.2) is 36.5 Å². The molecule has 0 aliphatic heterocycles. The van der Waals surface area contributed by atoms with Gasteiger partial charge >= 0.3 is 5.97 Å². The summed E-state index contributed by atoms with van der Waals surface area (Å²) < 4.78 is 16.1. The van der Waals surface area contributed by atoms with Gasteiger partial charge in [0.2, 0.25) is 11.6 Å². The maximum Gasteiger partial charge on any atom is 0.328 e. The van der Waals surface area contributed by atoms with Crippen LogP contribution >= 0.6 is 0 Å². The molecule has 0 fully saturated rings. The minimum Gasteiger partial charge on any atom is -0.493 e. The van der Waals surface area contributed by atoms with Crippen molar-refractivity contribution in [2.24, 2.45) is 0 Å². The quantitative estimate of drug-likeness (QED) is 0.461. The largest absolute Gasteiger partial charge is 0.493 e. The van der Waals surface area contributed by atoms with Crippen molar-refractivity contribution in [3.8, 4) is 23.1 Å². The van der Waals surface area contributed by atoms with Crippen molar-refractivity contribution in [2.45, 2.75) is 0 Å². The molecule has 25 heavy (non-hydrogen) atoms. The molecule has 2 aromatic rings. The standard InChI is InChI=1S/C16H14N2O7/c1-23-12-7-10(3-6-15(19)20)8-13(24-2)16(12)25-14-5-4-11(9-17-14)18(21)22/h3-9H,1-2H3,(H,19,20)/b6-3+. The second-order valence-corrected chi connectivity index (χ2v) is 4.64. The van der Waals surface area contributed by atoms with Crippen LogP contribution in [0.25, 0.3) is 6.08 Å². The molecule has 2 rings (SSSR count). The summed E-state index contributed by atoms with van der Waals surface area (Å²) in [4.78, 5) is 24.6. The predicted octanol–water partition coefficient (Wildman–Crippen LogP) is 2.90. The summed E-state index contributed by atoms with van der Waals surface area (Å²) in [5, 5.41) is 19.4. The number of rotatable bonds is 7. The minimum atomic E-state index is -1.09. The van der Waals surface area contributed by atoms with Crippen LogP contribution in [0.3, 0.4) is 0 Å². The van der Waals surface area contributed by atoms with Gasteiger partial charge in [-0.25, -0.2) is 9.78 Å². The fourth-order valence-electron chi connectivity index (χ4n) is 1.91. The molecule has 9 heteroatoms. The molecule has 0 aliphatic carbocycles. The highest BCUT2D eigenvalue weighted by Crippen LogP contribution is 2.41. The number of pyridine rings is 1. The maximum atomic E-state index is 10.7. The van der Waals surface area contributed by atoms with E-state index in [1.807, 2.05) is 0 Å². The van der Waals surface area contributed by atoms with E-state index in [1.54, 1.807) is 12.1 Å². The van der Waals surface area contributed by atoms with Gasteiger partial charge in [0, 0.05) is 18.2 Å². The zero-order valence-corrected chi connectivity index (χ0v) is 13.3. The zero-order valence-electron chi connectivity index (χ0n) is 13.3. The minimum absolute atomic E-state index is 0.107. The lowest BCUT2D eigenvalue weighted by molar-refractivity contribution is -0.385. The molecule has 0 atom stereocenters. The normalized spacial score (nSPS) is 10.5. The van der Waals surface area contributed by atoms with E-state index in [1.165, 1.54) is 32.4 Å². The molecule has 0 amide bonds. The monoisotopic (exact) mass is 346 g/mol. The highest BCUT2D eigenvalue weighted by Gasteiger charge is 2.16. The third-order valence-electron chi connectivity index (χ3n) is 3.04. The molecule has 9 nitrogen and oxygen atoms in total. The van der Waals surface area contributed by atoms with Gasteiger partial charge in [-0.2, -0.15) is 0 Å². The van der Waals surface area contributed by atoms with Crippen LogP contribution in [0.5, 0.6) is 23.1 Å². The highest BCUT2D eigenvalue weighted by atomic mass is 16.6. The number of aliphatic carboxylic acids is 1. The van der Waals surface area contributed by atoms with Gasteiger partial charge in [-0.15, -0.1) is 0 Å². The number of carbonyl (C=O) groups is 1. The van der Waals surface area contributed by atoms with E-state index in [9.17, 15) is 14.9 Å². The van der Waals surface area contributed by atoms with E-state index in [0.29, 0.717) is 5.56 Å². The van der Waals surface area contributed by atoms with E-state index in [4.69, 9.17) is 19.3 Å². The van der Waals surface area contributed by atoms with E-state index < -0.39 is 10.9 Å². The molecule has 130 valence electrons. The molecule has 0 aliphatic rings. The molecule has 0 unspecified atom stereocenters. The number of hydrogen-bond donors (Lipinski definition) is 1. The maximum absolute atomic E-state index is 10.7. The molecule has 0 saturated heterocycles. The SMILES string of the molecule is COc1cc(/C=C/C(=O)O)cc(OC)c1Oc1ccc([N+](=O)[O-])cn1. The van der Waals surface area contributed by atoms with Gasteiger partial charge in [0.1, 0.15) is 6.20 Å². The lowest BCUT2D eigenvalue weighted by atomic mass is 10.1. The van der Waals surface area contributed by atoms with Crippen molar-refractivity contribution in [3.63, 3.8) is 0 Å². The van der Waals surface area contributed by atoms with Gasteiger partial charge < -0.3 is 19.3 Å². The first-order valence-corrected chi connectivity index (χ1v) is 6.90. The van der Waals surface area contributed by atoms with Crippen molar-refractivity contribution in [1.29, 1.82) is 0 Å². The van der Waals surface area contributed by atoms with E-state index in [0.717, 1.165) is 12.3 Å². The second-order valence-electron chi connectivity index (χ2n) is 4.64. The average Bonchev–Trinajstić information content (AvgIpc) is 2.60. The molecular weight excluding hydrogens is 332 g/mol. The molecule has 0 bridgehead atoms. The van der Waals surface area contributed by atoms with Crippen molar-refractivity contribution >= 4 is 17.7 Å². The van der Waals surface area contributed by atoms with Crippen molar-refractivity contribution in [3.05, 3.63) is 52.2 Å². The summed E-state index contributed by atoms with van der Waals surface area (Å²) >= 11 is 0. The number of aromatic nitrogens is 1. The summed E-state index contributed by atoms with van der Waals surface area (Å²) in [6, 6.07) is 5.71. The molecule has 1 N–H and O–H groups in total. The van der Waals surface area contributed by atoms with Crippen molar-refractivity contribution in [2.75, 3.05) is 14.2 Å². The second kappa shape index (κ2) is 7.77. The van der Waals surface area contributed by atoms with Crippen molar-refractivity contribution in [1.82, 2.24) is 4.98 Å². The van der Waals surface area contributed by atoms with Crippen LogP contribution < -0.4 is 14.2 Å². The Morgan fingerprint density at radius 1 is 1.24 bits per heavy atom. The average molecular weight is 346 g/mol. The number of carboxylic acid groups (broad SMARTS) is 1. The lowest BCUT2D eigenvalue weighted by Gasteiger charge is -2.14. The molecule has 0 spiro atoms. The summed E-state index contributed by atoms with van der Waals surface area (Å²) in [6.07, 6.45) is 3.42. The topological polar surface area (TPSA) is 121 Å². The Balaban J connectivity index is 2.38.